The first-order chi connectivity index (χ1) is 15.9. The number of rotatable bonds is 9. The van der Waals surface area contributed by atoms with Crippen molar-refractivity contribution >= 4 is 5.97 Å². The second kappa shape index (κ2) is 9.57. The summed E-state index contributed by atoms with van der Waals surface area (Å²) in [5.41, 5.74) is 5.28. The van der Waals surface area contributed by atoms with Gasteiger partial charge in [0.15, 0.2) is 0 Å². The van der Waals surface area contributed by atoms with E-state index < -0.39 is 12.1 Å². The highest BCUT2D eigenvalue weighted by molar-refractivity contribution is 5.83. The number of carbonyl (C=O) groups excluding carboxylic acids is 1. The number of hydrogen-bond donors (Lipinski definition) is 0. The molecule has 0 bridgehead atoms. The highest BCUT2D eigenvalue weighted by Crippen LogP contribution is 2.41. The number of halogens is 2. The van der Waals surface area contributed by atoms with Gasteiger partial charge in [0.25, 0.3) is 0 Å². The van der Waals surface area contributed by atoms with Gasteiger partial charge in [-0.1, -0.05) is 50.6 Å². The van der Waals surface area contributed by atoms with Crippen LogP contribution in [0.4, 0.5) is 8.78 Å². The Hall–Kier alpha value is -3.47. The normalized spacial score (nSPS) is 12.1. The summed E-state index contributed by atoms with van der Waals surface area (Å²) in [5.74, 6) is -0.431. The van der Waals surface area contributed by atoms with Crippen molar-refractivity contribution in [1.82, 2.24) is 0 Å². The van der Waals surface area contributed by atoms with E-state index >= 15 is 0 Å². The SMILES string of the molecule is C=CC(=O)Oc1ccc(OC(F)(F)c2ccc3c(c2)Cc2cc(CCCCC)ccc2-3)cc1. The summed E-state index contributed by atoms with van der Waals surface area (Å²) in [4.78, 5) is 11.2. The molecule has 170 valence electrons. The molecule has 0 aromatic heterocycles. The van der Waals surface area contributed by atoms with Crippen molar-refractivity contribution in [2.75, 3.05) is 0 Å². The molecule has 4 rings (SSSR count). The molecule has 1 aliphatic rings. The fourth-order valence-electron chi connectivity index (χ4n) is 4.12. The lowest BCUT2D eigenvalue weighted by Crippen LogP contribution is -2.22. The topological polar surface area (TPSA) is 35.5 Å². The zero-order valence-corrected chi connectivity index (χ0v) is 18.6. The van der Waals surface area contributed by atoms with Crippen LogP contribution in [-0.4, -0.2) is 5.97 Å². The average Bonchev–Trinajstić information content (AvgIpc) is 3.17. The number of ether oxygens (including phenoxy) is 2. The molecule has 0 saturated carbocycles. The molecule has 0 aliphatic heterocycles. The predicted octanol–water partition coefficient (Wildman–Crippen LogP) is 7.21. The standard InChI is InChI=1S/C28H26F2O3/c1-3-5-6-7-19-8-14-25-20(16-19)17-21-18-22(9-15-26(21)25)28(29,30)33-24-12-10-23(11-13-24)32-27(31)4-2/h4,8-16,18H,2-3,5-7,17H2,1H3. The number of aryl methyl sites for hydroxylation is 1. The second-order valence-electron chi connectivity index (χ2n) is 8.21. The summed E-state index contributed by atoms with van der Waals surface area (Å²) in [6.45, 7) is 5.50. The van der Waals surface area contributed by atoms with E-state index in [4.69, 9.17) is 9.47 Å². The van der Waals surface area contributed by atoms with E-state index in [9.17, 15) is 13.6 Å². The molecule has 0 atom stereocenters. The molecule has 0 fully saturated rings. The van der Waals surface area contributed by atoms with Gasteiger partial charge in [0, 0.05) is 6.08 Å². The summed E-state index contributed by atoms with van der Waals surface area (Å²) in [5, 5.41) is 0. The van der Waals surface area contributed by atoms with Crippen molar-refractivity contribution in [2.45, 2.75) is 45.1 Å². The van der Waals surface area contributed by atoms with Crippen molar-refractivity contribution in [2.24, 2.45) is 0 Å². The maximum Gasteiger partial charge on any atom is 0.426 e. The summed E-state index contributed by atoms with van der Waals surface area (Å²) < 4.78 is 39.8. The van der Waals surface area contributed by atoms with Crippen LogP contribution in [-0.2, 0) is 23.7 Å². The monoisotopic (exact) mass is 448 g/mol. The Balaban J connectivity index is 1.48. The van der Waals surface area contributed by atoms with Crippen LogP contribution in [0.25, 0.3) is 11.1 Å². The number of fused-ring (bicyclic) bond motifs is 3. The Bertz CT molecular complexity index is 1170. The fraction of sp³-hybridized carbons (Fsp3) is 0.250. The maximum absolute atomic E-state index is 14.9. The minimum atomic E-state index is -3.51. The minimum Gasteiger partial charge on any atom is -0.429 e. The van der Waals surface area contributed by atoms with E-state index in [-0.39, 0.29) is 17.1 Å². The Morgan fingerprint density at radius 2 is 1.64 bits per heavy atom. The van der Waals surface area contributed by atoms with Gasteiger partial charge in [-0.3, -0.25) is 0 Å². The Labute approximate surface area is 192 Å². The van der Waals surface area contributed by atoms with Crippen LogP contribution in [0.5, 0.6) is 11.5 Å². The van der Waals surface area contributed by atoms with E-state index in [2.05, 4.69) is 31.7 Å². The molecule has 3 nitrogen and oxygen atoms in total. The molecule has 0 spiro atoms. The third kappa shape index (κ3) is 5.14. The Kier molecular flexibility index (Phi) is 6.59. The number of alkyl halides is 2. The number of benzene rings is 3. The molecule has 33 heavy (non-hydrogen) atoms. The van der Waals surface area contributed by atoms with Gasteiger partial charge < -0.3 is 9.47 Å². The molecular weight excluding hydrogens is 422 g/mol. The quantitative estimate of drug-likeness (QED) is 0.117. The number of hydrogen-bond acceptors (Lipinski definition) is 3. The third-order valence-corrected chi connectivity index (χ3v) is 5.81. The highest BCUT2D eigenvalue weighted by Gasteiger charge is 2.36. The largest absolute Gasteiger partial charge is 0.429 e. The molecule has 3 aromatic carbocycles. The number of carbonyl (C=O) groups is 1. The van der Waals surface area contributed by atoms with Gasteiger partial charge in [-0.2, -0.15) is 8.78 Å². The zero-order chi connectivity index (χ0) is 23.4. The lowest BCUT2D eigenvalue weighted by molar-refractivity contribution is -0.185. The molecule has 0 amide bonds. The number of esters is 1. The number of unbranched alkanes of at least 4 members (excludes halogenated alkanes) is 2. The highest BCUT2D eigenvalue weighted by atomic mass is 19.3. The Morgan fingerprint density at radius 3 is 2.33 bits per heavy atom. The van der Waals surface area contributed by atoms with Crippen LogP contribution in [0.2, 0.25) is 0 Å². The molecule has 3 aromatic rings. The lowest BCUT2D eigenvalue weighted by atomic mass is 10.00. The van der Waals surface area contributed by atoms with E-state index in [0.29, 0.717) is 6.42 Å². The van der Waals surface area contributed by atoms with Crippen molar-refractivity contribution in [1.29, 1.82) is 0 Å². The van der Waals surface area contributed by atoms with Gasteiger partial charge in [0.1, 0.15) is 11.5 Å². The lowest BCUT2D eigenvalue weighted by Gasteiger charge is -2.19. The first-order valence-corrected chi connectivity index (χ1v) is 11.2. The van der Waals surface area contributed by atoms with Crippen molar-refractivity contribution in [3.05, 3.63) is 95.6 Å². The van der Waals surface area contributed by atoms with E-state index in [0.717, 1.165) is 35.6 Å². The summed E-state index contributed by atoms with van der Waals surface area (Å²) in [7, 11) is 0. The second-order valence-corrected chi connectivity index (χ2v) is 8.21. The van der Waals surface area contributed by atoms with Gasteiger partial charge in [0.2, 0.25) is 0 Å². The van der Waals surface area contributed by atoms with Crippen LogP contribution in [0.15, 0.2) is 73.3 Å². The van der Waals surface area contributed by atoms with Crippen LogP contribution >= 0.6 is 0 Å². The predicted molar refractivity (Wildman–Crippen MR) is 125 cm³/mol. The smallest absolute Gasteiger partial charge is 0.426 e. The molecule has 0 saturated heterocycles. The minimum absolute atomic E-state index is 0.0288. The summed E-state index contributed by atoms with van der Waals surface area (Å²) in [6, 6.07) is 16.6. The fourth-order valence-corrected chi connectivity index (χ4v) is 4.12. The zero-order valence-electron chi connectivity index (χ0n) is 18.6. The van der Waals surface area contributed by atoms with Crippen molar-refractivity contribution in [3.8, 4) is 22.6 Å². The van der Waals surface area contributed by atoms with Crippen LogP contribution < -0.4 is 9.47 Å². The van der Waals surface area contributed by atoms with E-state index in [1.807, 2.05) is 0 Å². The van der Waals surface area contributed by atoms with Gasteiger partial charge >= 0.3 is 12.1 Å². The summed E-state index contributed by atoms with van der Waals surface area (Å²) >= 11 is 0. The Morgan fingerprint density at radius 1 is 0.970 bits per heavy atom. The van der Waals surface area contributed by atoms with Crippen LogP contribution in [0.1, 0.15) is 48.4 Å². The van der Waals surface area contributed by atoms with Crippen LogP contribution in [0, 0.1) is 0 Å². The third-order valence-electron chi connectivity index (χ3n) is 5.81. The molecular formula is C28H26F2O3. The van der Waals surface area contributed by atoms with Gasteiger partial charge in [-0.15, -0.1) is 0 Å². The first-order valence-electron chi connectivity index (χ1n) is 11.2. The summed E-state index contributed by atoms with van der Waals surface area (Å²) in [6.07, 6.45) is 2.75. The van der Waals surface area contributed by atoms with Gasteiger partial charge in [0.05, 0.1) is 5.56 Å². The van der Waals surface area contributed by atoms with Gasteiger partial charge in [-0.05, 0) is 83.5 Å². The average molecular weight is 449 g/mol. The molecule has 0 N–H and O–H groups in total. The first kappa shape index (κ1) is 22.7. The molecule has 0 unspecified atom stereocenters. The van der Waals surface area contributed by atoms with Crippen molar-refractivity contribution < 1.29 is 23.0 Å². The van der Waals surface area contributed by atoms with E-state index in [1.165, 1.54) is 60.4 Å². The molecule has 0 radical (unpaired) electrons. The maximum atomic E-state index is 14.9. The molecule has 1 aliphatic carbocycles. The molecule has 5 heteroatoms. The van der Waals surface area contributed by atoms with E-state index in [1.54, 1.807) is 6.07 Å². The van der Waals surface area contributed by atoms with Gasteiger partial charge in [-0.25, -0.2) is 4.79 Å². The van der Waals surface area contributed by atoms with Crippen molar-refractivity contribution in [3.63, 3.8) is 0 Å². The van der Waals surface area contributed by atoms with Crippen LogP contribution in [0.3, 0.4) is 0 Å². The molecule has 0 heterocycles.